The van der Waals surface area contributed by atoms with Crippen molar-refractivity contribution in [3.05, 3.63) is 0 Å². The second kappa shape index (κ2) is 9.49. The molecule has 0 amide bonds. The van der Waals surface area contributed by atoms with Gasteiger partial charge >= 0.3 is 6.16 Å². The zero-order chi connectivity index (χ0) is 13.2. The molecule has 3 heteroatoms. The third-order valence-electron chi connectivity index (χ3n) is 1.16. The lowest BCUT2D eigenvalue weighted by Crippen LogP contribution is -2.20. The van der Waals surface area contributed by atoms with Gasteiger partial charge in [-0.3, -0.25) is 0 Å². The predicted molar refractivity (Wildman–Crippen MR) is 67.6 cm³/mol. The second-order valence-electron chi connectivity index (χ2n) is 5.51. The van der Waals surface area contributed by atoms with Crippen molar-refractivity contribution < 1.29 is 14.3 Å². The van der Waals surface area contributed by atoms with Crippen LogP contribution in [0.15, 0.2) is 0 Å². The van der Waals surface area contributed by atoms with E-state index in [4.69, 9.17) is 9.47 Å². The number of rotatable bonds is 3. The van der Waals surface area contributed by atoms with Gasteiger partial charge in [0.05, 0.1) is 13.2 Å². The van der Waals surface area contributed by atoms with E-state index >= 15 is 0 Å². The van der Waals surface area contributed by atoms with Gasteiger partial charge in [0.1, 0.15) is 0 Å². The maximum absolute atomic E-state index is 10.9. The molecule has 0 aliphatic carbocycles. The standard InChI is InChI=1S/C10H20O3.C3H8/c1-8(2)6-12-9(11)13-7-10(3,4)5;1-3-2/h8H,6-7H2,1-5H3;3H2,1-2H3. The van der Waals surface area contributed by atoms with Gasteiger partial charge in [-0.1, -0.05) is 54.9 Å². The maximum Gasteiger partial charge on any atom is 0.508 e. The summed E-state index contributed by atoms with van der Waals surface area (Å²) in [6.07, 6.45) is 0.684. The lowest BCUT2D eigenvalue weighted by Gasteiger charge is -2.17. The molecule has 0 atom stereocenters. The lowest BCUT2D eigenvalue weighted by atomic mass is 9.99. The number of hydrogen-bond donors (Lipinski definition) is 0. The average molecular weight is 232 g/mol. The summed E-state index contributed by atoms with van der Waals surface area (Å²) in [5, 5.41) is 0. The molecule has 0 radical (unpaired) electrons. The SMILES string of the molecule is CC(C)COC(=O)OCC(C)(C)C.CCC. The first kappa shape index (κ1) is 17.7. The van der Waals surface area contributed by atoms with Crippen LogP contribution in [0.25, 0.3) is 0 Å². The van der Waals surface area contributed by atoms with E-state index in [9.17, 15) is 4.79 Å². The highest BCUT2D eigenvalue weighted by molar-refractivity contribution is 5.59. The maximum atomic E-state index is 10.9. The molecule has 0 rings (SSSR count). The average Bonchev–Trinajstić information content (AvgIpc) is 2.11. The molecule has 16 heavy (non-hydrogen) atoms. The van der Waals surface area contributed by atoms with Crippen LogP contribution in [0.4, 0.5) is 4.79 Å². The highest BCUT2D eigenvalue weighted by atomic mass is 16.7. The van der Waals surface area contributed by atoms with Gasteiger partial charge in [0.15, 0.2) is 0 Å². The van der Waals surface area contributed by atoms with Crippen molar-refractivity contribution in [2.45, 2.75) is 54.9 Å². The van der Waals surface area contributed by atoms with Crippen molar-refractivity contribution in [3.63, 3.8) is 0 Å². The lowest BCUT2D eigenvalue weighted by molar-refractivity contribution is 0.0272. The Labute approximate surface area is 101 Å². The zero-order valence-corrected chi connectivity index (χ0v) is 11.9. The van der Waals surface area contributed by atoms with Crippen LogP contribution in [0.2, 0.25) is 0 Å². The summed E-state index contributed by atoms with van der Waals surface area (Å²) in [6, 6.07) is 0. The van der Waals surface area contributed by atoms with E-state index in [1.165, 1.54) is 6.42 Å². The summed E-state index contributed by atoms with van der Waals surface area (Å²) >= 11 is 0. The fourth-order valence-electron chi connectivity index (χ4n) is 0.552. The third-order valence-corrected chi connectivity index (χ3v) is 1.16. The summed E-state index contributed by atoms with van der Waals surface area (Å²) in [6.45, 7) is 15.0. The number of carbonyl (C=O) groups is 1. The van der Waals surface area contributed by atoms with Crippen LogP contribution < -0.4 is 0 Å². The van der Waals surface area contributed by atoms with Crippen LogP contribution in [0.3, 0.4) is 0 Å². The molecule has 98 valence electrons. The van der Waals surface area contributed by atoms with E-state index in [2.05, 4.69) is 13.8 Å². The van der Waals surface area contributed by atoms with E-state index in [0.717, 1.165) is 0 Å². The normalized spacial score (nSPS) is 10.5. The van der Waals surface area contributed by atoms with Crippen LogP contribution in [0.1, 0.15) is 54.9 Å². The largest absolute Gasteiger partial charge is 0.508 e. The molecule has 0 fully saturated rings. The van der Waals surface area contributed by atoms with Crippen molar-refractivity contribution >= 4 is 6.16 Å². The van der Waals surface area contributed by atoms with Crippen molar-refractivity contribution in [2.24, 2.45) is 11.3 Å². The molecule has 0 aromatic carbocycles. The van der Waals surface area contributed by atoms with Gasteiger partial charge in [-0.25, -0.2) is 4.79 Å². The number of hydrogen-bond acceptors (Lipinski definition) is 3. The molecule has 0 heterocycles. The predicted octanol–water partition coefficient (Wildman–Crippen LogP) is 4.26. The molecule has 0 spiro atoms. The van der Waals surface area contributed by atoms with Gasteiger partial charge < -0.3 is 9.47 Å². The van der Waals surface area contributed by atoms with Gasteiger partial charge in [-0.15, -0.1) is 0 Å². The van der Waals surface area contributed by atoms with Gasteiger partial charge in [0, 0.05) is 0 Å². The molecule has 3 nitrogen and oxygen atoms in total. The van der Waals surface area contributed by atoms with Crippen LogP contribution in [0, 0.1) is 11.3 Å². The molecule has 0 aromatic heterocycles. The van der Waals surface area contributed by atoms with Crippen LogP contribution in [0.5, 0.6) is 0 Å². The van der Waals surface area contributed by atoms with Gasteiger partial charge in [-0.2, -0.15) is 0 Å². The highest BCUT2D eigenvalue weighted by Crippen LogP contribution is 2.13. The monoisotopic (exact) mass is 232 g/mol. The van der Waals surface area contributed by atoms with Gasteiger partial charge in [0.25, 0.3) is 0 Å². The first-order chi connectivity index (χ1) is 7.22. The Hall–Kier alpha value is -0.730. The van der Waals surface area contributed by atoms with Gasteiger partial charge in [0.2, 0.25) is 0 Å². The Kier molecular flexibility index (Phi) is 10.5. The molecular weight excluding hydrogens is 204 g/mol. The molecule has 0 N–H and O–H groups in total. The highest BCUT2D eigenvalue weighted by Gasteiger charge is 2.14. The Bertz CT molecular complexity index is 169. The summed E-state index contributed by atoms with van der Waals surface area (Å²) in [5.41, 5.74) is -0.00312. The van der Waals surface area contributed by atoms with Crippen molar-refractivity contribution in [1.82, 2.24) is 0 Å². The Morgan fingerprint density at radius 2 is 1.56 bits per heavy atom. The van der Waals surface area contributed by atoms with Gasteiger partial charge in [-0.05, 0) is 11.3 Å². The summed E-state index contributed by atoms with van der Waals surface area (Å²) in [5.74, 6) is 0.349. The summed E-state index contributed by atoms with van der Waals surface area (Å²) in [4.78, 5) is 10.9. The number of carbonyl (C=O) groups excluding carboxylic acids is 1. The molecule has 0 bridgehead atoms. The van der Waals surface area contributed by atoms with E-state index in [1.54, 1.807) is 0 Å². The molecular formula is C13H28O3. The Morgan fingerprint density at radius 1 is 1.12 bits per heavy atom. The summed E-state index contributed by atoms with van der Waals surface area (Å²) < 4.78 is 9.73. The molecule has 0 saturated carbocycles. The van der Waals surface area contributed by atoms with Crippen molar-refractivity contribution in [3.8, 4) is 0 Å². The third kappa shape index (κ3) is 18.9. The molecule has 0 aromatic rings. The van der Waals surface area contributed by atoms with E-state index in [-0.39, 0.29) is 5.41 Å². The van der Waals surface area contributed by atoms with E-state index in [1.807, 2.05) is 34.6 Å². The minimum absolute atomic E-state index is 0.00312. The van der Waals surface area contributed by atoms with E-state index < -0.39 is 6.16 Å². The van der Waals surface area contributed by atoms with Crippen LogP contribution in [-0.2, 0) is 9.47 Å². The fraction of sp³-hybridized carbons (Fsp3) is 0.923. The minimum Gasteiger partial charge on any atom is -0.434 e. The Balaban J connectivity index is 0. The van der Waals surface area contributed by atoms with Crippen LogP contribution in [-0.4, -0.2) is 19.4 Å². The Morgan fingerprint density at radius 3 is 1.88 bits per heavy atom. The van der Waals surface area contributed by atoms with Crippen molar-refractivity contribution in [2.75, 3.05) is 13.2 Å². The first-order valence-electron chi connectivity index (χ1n) is 6.02. The molecule has 0 aliphatic heterocycles. The molecule has 0 saturated heterocycles. The quantitative estimate of drug-likeness (QED) is 0.682. The van der Waals surface area contributed by atoms with Crippen LogP contribution >= 0.6 is 0 Å². The second-order valence-corrected chi connectivity index (χ2v) is 5.51. The minimum atomic E-state index is -0.566. The molecule has 0 aliphatic rings. The molecule has 0 unspecified atom stereocenters. The zero-order valence-electron chi connectivity index (χ0n) is 11.9. The van der Waals surface area contributed by atoms with E-state index in [0.29, 0.717) is 19.1 Å². The van der Waals surface area contributed by atoms with Crippen molar-refractivity contribution in [1.29, 1.82) is 0 Å². The fourth-order valence-corrected chi connectivity index (χ4v) is 0.552. The number of ether oxygens (including phenoxy) is 2. The topological polar surface area (TPSA) is 35.5 Å². The summed E-state index contributed by atoms with van der Waals surface area (Å²) in [7, 11) is 0. The smallest absolute Gasteiger partial charge is 0.434 e. The first-order valence-corrected chi connectivity index (χ1v) is 6.02.